The van der Waals surface area contributed by atoms with Crippen molar-refractivity contribution < 1.29 is 4.79 Å². The fourth-order valence-corrected chi connectivity index (χ4v) is 1.30. The van der Waals surface area contributed by atoms with Gasteiger partial charge in [-0.15, -0.1) is 0 Å². The number of benzene rings is 1. The van der Waals surface area contributed by atoms with Crippen molar-refractivity contribution in [2.45, 2.75) is 20.3 Å². The molecule has 1 amide bonds. The van der Waals surface area contributed by atoms with Gasteiger partial charge in [0.2, 0.25) is 5.91 Å². The van der Waals surface area contributed by atoms with Crippen LogP contribution < -0.4 is 5.73 Å². The smallest absolute Gasteiger partial charge is 0.221 e. The summed E-state index contributed by atoms with van der Waals surface area (Å²) in [5.74, 6) is -0.327. The third kappa shape index (κ3) is 4.13. The van der Waals surface area contributed by atoms with Crippen LogP contribution in [0.3, 0.4) is 0 Å². The van der Waals surface area contributed by atoms with Crippen LogP contribution in [-0.2, 0) is 11.2 Å². The largest absolute Gasteiger partial charge is 0.369 e. The molecule has 0 spiro atoms. The SMILES string of the molecule is C=Cc1ccc(CC(N)=O)cc1C=C.CC. The molecule has 0 radical (unpaired) electrons. The highest BCUT2D eigenvalue weighted by atomic mass is 16.1. The standard InChI is InChI=1S/C12H13NO.C2H6/c1-3-10-6-5-9(8-12(13)14)7-11(10)4-2;1-2/h3-7H,1-2,8H2,(H2,13,14);1-2H3. The van der Waals surface area contributed by atoms with Crippen molar-refractivity contribution in [3.05, 3.63) is 48.0 Å². The van der Waals surface area contributed by atoms with Crippen molar-refractivity contribution in [2.75, 3.05) is 0 Å². The molecular weight excluding hydrogens is 198 g/mol. The van der Waals surface area contributed by atoms with Gasteiger partial charge in [0.15, 0.2) is 0 Å². The van der Waals surface area contributed by atoms with Crippen LogP contribution >= 0.6 is 0 Å². The molecule has 0 aromatic heterocycles. The quantitative estimate of drug-likeness (QED) is 0.827. The summed E-state index contributed by atoms with van der Waals surface area (Å²) in [4.78, 5) is 10.7. The topological polar surface area (TPSA) is 43.1 Å². The van der Waals surface area contributed by atoms with E-state index in [-0.39, 0.29) is 12.3 Å². The maximum absolute atomic E-state index is 10.7. The molecule has 0 bridgehead atoms. The van der Waals surface area contributed by atoms with Gasteiger partial charge in [-0.05, 0) is 16.7 Å². The lowest BCUT2D eigenvalue weighted by Gasteiger charge is -2.03. The molecule has 0 saturated carbocycles. The Hall–Kier alpha value is -1.83. The molecular formula is C14H19NO. The number of carbonyl (C=O) groups is 1. The van der Waals surface area contributed by atoms with Crippen LogP contribution in [0.25, 0.3) is 12.2 Å². The van der Waals surface area contributed by atoms with E-state index < -0.39 is 0 Å². The van der Waals surface area contributed by atoms with Crippen molar-refractivity contribution >= 4 is 18.1 Å². The first kappa shape index (κ1) is 14.2. The summed E-state index contributed by atoms with van der Waals surface area (Å²) in [5, 5.41) is 0. The molecule has 0 saturated heterocycles. The number of primary amides is 1. The van der Waals surface area contributed by atoms with Gasteiger partial charge >= 0.3 is 0 Å². The minimum Gasteiger partial charge on any atom is -0.369 e. The number of rotatable bonds is 4. The molecule has 86 valence electrons. The molecule has 0 heterocycles. The van der Waals surface area contributed by atoms with E-state index in [9.17, 15) is 4.79 Å². The van der Waals surface area contributed by atoms with Crippen molar-refractivity contribution in [1.29, 1.82) is 0 Å². The summed E-state index contributed by atoms with van der Waals surface area (Å²) in [7, 11) is 0. The van der Waals surface area contributed by atoms with Crippen LogP contribution in [0, 0.1) is 0 Å². The first-order valence-corrected chi connectivity index (χ1v) is 5.33. The predicted octanol–water partition coefficient (Wildman–Crippen LogP) is 3.03. The average Bonchev–Trinajstić information content (AvgIpc) is 2.30. The Morgan fingerprint density at radius 2 is 1.81 bits per heavy atom. The zero-order chi connectivity index (χ0) is 12.6. The van der Waals surface area contributed by atoms with Gasteiger partial charge in [0.05, 0.1) is 6.42 Å². The van der Waals surface area contributed by atoms with E-state index in [2.05, 4.69) is 13.2 Å². The molecule has 0 unspecified atom stereocenters. The summed E-state index contributed by atoms with van der Waals surface area (Å²) in [5.41, 5.74) is 7.98. The predicted molar refractivity (Wildman–Crippen MR) is 70.9 cm³/mol. The minimum atomic E-state index is -0.327. The summed E-state index contributed by atoms with van der Waals surface area (Å²) in [6.07, 6.45) is 3.75. The van der Waals surface area contributed by atoms with Gasteiger partial charge in [-0.25, -0.2) is 0 Å². The lowest BCUT2D eigenvalue weighted by atomic mass is 10.0. The van der Waals surface area contributed by atoms with Gasteiger partial charge in [0.1, 0.15) is 0 Å². The molecule has 16 heavy (non-hydrogen) atoms. The van der Waals surface area contributed by atoms with Crippen molar-refractivity contribution in [2.24, 2.45) is 5.73 Å². The summed E-state index contributed by atoms with van der Waals surface area (Å²) < 4.78 is 0. The maximum Gasteiger partial charge on any atom is 0.221 e. The molecule has 2 nitrogen and oxygen atoms in total. The Morgan fingerprint density at radius 1 is 1.25 bits per heavy atom. The Balaban J connectivity index is 0.00000106. The number of amides is 1. The number of carbonyl (C=O) groups excluding carboxylic acids is 1. The molecule has 0 aliphatic heterocycles. The van der Waals surface area contributed by atoms with Crippen LogP contribution in [0.4, 0.5) is 0 Å². The third-order valence-corrected chi connectivity index (χ3v) is 1.97. The number of nitrogens with two attached hydrogens (primary N) is 1. The first-order chi connectivity index (χ1) is 7.67. The molecule has 0 aliphatic carbocycles. The molecule has 0 aliphatic rings. The number of hydrogen-bond donors (Lipinski definition) is 1. The van der Waals surface area contributed by atoms with Crippen LogP contribution in [0.1, 0.15) is 30.5 Å². The van der Waals surface area contributed by atoms with E-state index in [0.717, 1.165) is 16.7 Å². The van der Waals surface area contributed by atoms with Crippen LogP contribution in [-0.4, -0.2) is 5.91 Å². The summed E-state index contributed by atoms with van der Waals surface area (Å²) in [6, 6.07) is 5.67. The molecule has 1 rings (SSSR count). The highest BCUT2D eigenvalue weighted by Gasteiger charge is 2.01. The van der Waals surface area contributed by atoms with E-state index in [4.69, 9.17) is 5.73 Å². The second-order valence-corrected chi connectivity index (χ2v) is 3.01. The van der Waals surface area contributed by atoms with Crippen LogP contribution in [0.2, 0.25) is 0 Å². The van der Waals surface area contributed by atoms with Crippen molar-refractivity contribution in [3.8, 4) is 0 Å². The molecule has 2 N–H and O–H groups in total. The number of hydrogen-bond acceptors (Lipinski definition) is 1. The monoisotopic (exact) mass is 217 g/mol. The van der Waals surface area contributed by atoms with Crippen molar-refractivity contribution in [1.82, 2.24) is 0 Å². The Bertz CT molecular complexity index is 380. The van der Waals surface area contributed by atoms with Gasteiger partial charge in [0.25, 0.3) is 0 Å². The van der Waals surface area contributed by atoms with E-state index in [1.807, 2.05) is 32.0 Å². The highest BCUT2D eigenvalue weighted by Crippen LogP contribution is 2.14. The van der Waals surface area contributed by atoms with Crippen LogP contribution in [0.5, 0.6) is 0 Å². The van der Waals surface area contributed by atoms with Gasteiger partial charge in [-0.1, -0.05) is 57.4 Å². The average molecular weight is 217 g/mol. The van der Waals surface area contributed by atoms with E-state index in [1.165, 1.54) is 0 Å². The molecule has 2 heteroatoms. The second kappa shape index (κ2) is 7.46. The van der Waals surface area contributed by atoms with Gasteiger partial charge in [-0.2, -0.15) is 0 Å². The van der Waals surface area contributed by atoms with E-state index in [1.54, 1.807) is 12.2 Å². The molecule has 0 atom stereocenters. The van der Waals surface area contributed by atoms with Gasteiger partial charge < -0.3 is 5.73 Å². The zero-order valence-electron chi connectivity index (χ0n) is 9.99. The van der Waals surface area contributed by atoms with E-state index >= 15 is 0 Å². The summed E-state index contributed by atoms with van der Waals surface area (Å²) in [6.45, 7) is 11.4. The Labute approximate surface area is 97.5 Å². The van der Waals surface area contributed by atoms with Gasteiger partial charge in [-0.3, -0.25) is 4.79 Å². The zero-order valence-corrected chi connectivity index (χ0v) is 9.99. The molecule has 1 aromatic rings. The van der Waals surface area contributed by atoms with Crippen molar-refractivity contribution in [3.63, 3.8) is 0 Å². The van der Waals surface area contributed by atoms with Gasteiger partial charge in [0, 0.05) is 0 Å². The maximum atomic E-state index is 10.7. The fourth-order valence-electron chi connectivity index (χ4n) is 1.30. The minimum absolute atomic E-state index is 0.262. The summed E-state index contributed by atoms with van der Waals surface area (Å²) >= 11 is 0. The lowest BCUT2D eigenvalue weighted by Crippen LogP contribution is -2.13. The Morgan fingerprint density at radius 3 is 2.25 bits per heavy atom. The van der Waals surface area contributed by atoms with E-state index in [0.29, 0.717) is 0 Å². The highest BCUT2D eigenvalue weighted by molar-refractivity contribution is 5.77. The molecule has 1 aromatic carbocycles. The second-order valence-electron chi connectivity index (χ2n) is 3.01. The first-order valence-electron chi connectivity index (χ1n) is 5.33. The fraction of sp³-hybridized carbons (Fsp3) is 0.214. The lowest BCUT2D eigenvalue weighted by molar-refractivity contribution is -0.117. The third-order valence-electron chi connectivity index (χ3n) is 1.97. The molecule has 0 fully saturated rings. The van der Waals surface area contributed by atoms with Crippen LogP contribution in [0.15, 0.2) is 31.4 Å². The normalized spacial score (nSPS) is 8.62. The Kier molecular flexibility index (Phi) is 6.61.